The van der Waals surface area contributed by atoms with Crippen molar-refractivity contribution in [3.8, 4) is 0 Å². The number of nitrogens with one attached hydrogen (secondary N) is 1. The molecule has 2 rings (SSSR count). The zero-order valence-corrected chi connectivity index (χ0v) is 13.5. The fraction of sp³-hybridized carbons (Fsp3) is 0.467. The van der Waals surface area contributed by atoms with Gasteiger partial charge >= 0.3 is 6.09 Å². The first-order valence-electron chi connectivity index (χ1n) is 7.07. The van der Waals surface area contributed by atoms with Gasteiger partial charge in [0.2, 0.25) is 12.1 Å². The van der Waals surface area contributed by atoms with Gasteiger partial charge in [-0.25, -0.2) is 4.79 Å². The Bertz CT molecular complexity index is 667. The lowest BCUT2D eigenvalue weighted by Crippen LogP contribution is -2.57. The number of alkyl carbamates (subject to hydrolysis) is 1. The number of nitrogens with zero attached hydrogens (tertiary/aromatic N) is 2. The van der Waals surface area contributed by atoms with Crippen LogP contribution in [0.2, 0.25) is 0 Å². The molecule has 1 heterocycles. The maximum Gasteiger partial charge on any atom is 0.408 e. The van der Waals surface area contributed by atoms with Gasteiger partial charge in [-0.2, -0.15) is 0 Å². The first-order valence-corrected chi connectivity index (χ1v) is 7.07. The quantitative estimate of drug-likeness (QED) is 0.674. The zero-order chi connectivity index (χ0) is 17.4. The molecular weight excluding hydrogens is 302 g/mol. The molecule has 0 saturated carbocycles. The molecule has 124 valence electrons. The number of fused-ring (bicyclic) bond motifs is 1. The molecule has 0 saturated heterocycles. The van der Waals surface area contributed by atoms with Crippen molar-refractivity contribution in [2.24, 2.45) is 0 Å². The van der Waals surface area contributed by atoms with Crippen LogP contribution in [-0.2, 0) is 15.1 Å². The lowest BCUT2D eigenvalue weighted by molar-refractivity contribution is -0.488. The van der Waals surface area contributed by atoms with E-state index in [-0.39, 0.29) is 0 Å². The molecule has 1 aromatic carbocycles. The Labute approximate surface area is 133 Å². The van der Waals surface area contributed by atoms with Crippen LogP contribution < -0.4 is 10.2 Å². The summed E-state index contributed by atoms with van der Waals surface area (Å²) in [7, 11) is 1.51. The molecular formula is C15H19N3O5. The van der Waals surface area contributed by atoms with E-state index < -0.39 is 34.6 Å². The van der Waals surface area contributed by atoms with Crippen LogP contribution >= 0.6 is 0 Å². The zero-order valence-electron chi connectivity index (χ0n) is 13.5. The average Bonchev–Trinajstić information content (AvgIpc) is 2.59. The van der Waals surface area contributed by atoms with Crippen molar-refractivity contribution < 1.29 is 19.2 Å². The SMILES string of the molecule is CN1C(=O)C(C[N+](=O)[O-])(NC(=O)OC(C)(C)C)c2ccccc21. The molecule has 0 radical (unpaired) electrons. The van der Waals surface area contributed by atoms with Gasteiger partial charge in [0, 0.05) is 23.2 Å². The van der Waals surface area contributed by atoms with Crippen molar-refractivity contribution in [2.75, 3.05) is 18.5 Å². The Morgan fingerprint density at radius 1 is 1.39 bits per heavy atom. The molecule has 0 aliphatic carbocycles. The number of para-hydroxylation sites is 1. The van der Waals surface area contributed by atoms with Gasteiger partial charge in [0.05, 0.1) is 0 Å². The third-order valence-electron chi connectivity index (χ3n) is 3.48. The number of hydrogen-bond acceptors (Lipinski definition) is 5. The Hall–Kier alpha value is -2.64. The third kappa shape index (κ3) is 3.10. The van der Waals surface area contributed by atoms with E-state index in [1.165, 1.54) is 11.9 Å². The fourth-order valence-electron chi connectivity index (χ4n) is 2.62. The fourth-order valence-corrected chi connectivity index (χ4v) is 2.62. The number of amides is 2. The molecule has 1 unspecified atom stereocenters. The van der Waals surface area contributed by atoms with Gasteiger partial charge in [0.1, 0.15) is 5.60 Å². The van der Waals surface area contributed by atoms with Crippen LogP contribution in [0.5, 0.6) is 0 Å². The Kier molecular flexibility index (Phi) is 4.02. The van der Waals surface area contributed by atoms with Crippen molar-refractivity contribution in [1.29, 1.82) is 0 Å². The summed E-state index contributed by atoms with van der Waals surface area (Å²) in [5.74, 6) is -0.568. The van der Waals surface area contributed by atoms with Crippen LogP contribution in [0.25, 0.3) is 0 Å². The predicted octanol–water partition coefficient (Wildman–Crippen LogP) is 1.66. The largest absolute Gasteiger partial charge is 0.444 e. The van der Waals surface area contributed by atoms with Crippen LogP contribution in [-0.4, -0.2) is 36.1 Å². The Morgan fingerprint density at radius 2 is 2.00 bits per heavy atom. The van der Waals surface area contributed by atoms with Gasteiger partial charge in [-0.3, -0.25) is 20.2 Å². The average molecular weight is 321 g/mol. The smallest absolute Gasteiger partial charge is 0.408 e. The minimum atomic E-state index is -1.77. The maximum atomic E-state index is 12.7. The summed E-state index contributed by atoms with van der Waals surface area (Å²) in [4.78, 5) is 36.6. The highest BCUT2D eigenvalue weighted by atomic mass is 16.6. The number of ether oxygens (including phenoxy) is 1. The standard InChI is InChI=1S/C15H19N3O5/c1-14(2,3)23-13(20)16-15(9-18(21)22)10-7-5-6-8-11(10)17(4)12(15)19/h5-8H,9H2,1-4H3,(H,16,20). The monoisotopic (exact) mass is 321 g/mol. The van der Waals surface area contributed by atoms with Gasteiger partial charge in [-0.15, -0.1) is 0 Å². The lowest BCUT2D eigenvalue weighted by atomic mass is 9.91. The van der Waals surface area contributed by atoms with Crippen LogP contribution in [0.4, 0.5) is 10.5 Å². The van der Waals surface area contributed by atoms with E-state index in [1.54, 1.807) is 45.0 Å². The molecule has 1 aliphatic heterocycles. The van der Waals surface area contributed by atoms with Crippen LogP contribution in [0.15, 0.2) is 24.3 Å². The summed E-state index contributed by atoms with van der Waals surface area (Å²) < 4.78 is 5.16. The molecule has 0 fully saturated rings. The topological polar surface area (TPSA) is 102 Å². The van der Waals surface area contributed by atoms with Gasteiger partial charge in [-0.1, -0.05) is 18.2 Å². The Balaban J connectivity index is 2.47. The minimum Gasteiger partial charge on any atom is -0.444 e. The molecule has 0 spiro atoms. The molecule has 0 bridgehead atoms. The van der Waals surface area contributed by atoms with Gasteiger partial charge in [0.15, 0.2) is 0 Å². The highest BCUT2D eigenvalue weighted by Gasteiger charge is 2.55. The maximum absolute atomic E-state index is 12.7. The van der Waals surface area contributed by atoms with Crippen LogP contribution in [0.1, 0.15) is 26.3 Å². The van der Waals surface area contributed by atoms with Gasteiger partial charge in [-0.05, 0) is 26.8 Å². The molecule has 0 aromatic heterocycles. The third-order valence-corrected chi connectivity index (χ3v) is 3.48. The van der Waals surface area contributed by atoms with Crippen molar-refractivity contribution in [3.63, 3.8) is 0 Å². The summed E-state index contributed by atoms with van der Waals surface area (Å²) in [6.07, 6.45) is -0.877. The first kappa shape index (κ1) is 16.7. The van der Waals surface area contributed by atoms with E-state index in [1.807, 2.05) is 0 Å². The van der Waals surface area contributed by atoms with Crippen LogP contribution in [0, 0.1) is 10.1 Å². The highest BCUT2D eigenvalue weighted by Crippen LogP contribution is 2.39. The molecule has 8 heteroatoms. The first-order chi connectivity index (χ1) is 10.6. The lowest BCUT2D eigenvalue weighted by Gasteiger charge is -2.27. The number of benzene rings is 1. The second-order valence-corrected chi connectivity index (χ2v) is 6.40. The molecule has 1 aromatic rings. The summed E-state index contributed by atoms with van der Waals surface area (Å²) >= 11 is 0. The van der Waals surface area contributed by atoms with E-state index in [2.05, 4.69) is 5.32 Å². The van der Waals surface area contributed by atoms with E-state index in [0.717, 1.165) is 0 Å². The number of carbonyl (C=O) groups excluding carboxylic acids is 2. The molecule has 2 amide bonds. The van der Waals surface area contributed by atoms with Crippen molar-refractivity contribution in [2.45, 2.75) is 31.9 Å². The minimum absolute atomic E-state index is 0.384. The highest BCUT2D eigenvalue weighted by molar-refractivity contribution is 6.08. The van der Waals surface area contributed by atoms with E-state index in [4.69, 9.17) is 4.74 Å². The number of rotatable bonds is 3. The molecule has 1 N–H and O–H groups in total. The summed E-state index contributed by atoms with van der Waals surface area (Å²) in [6, 6.07) is 6.65. The second kappa shape index (κ2) is 5.53. The Morgan fingerprint density at radius 3 is 2.57 bits per heavy atom. The molecule has 1 aliphatic rings. The van der Waals surface area contributed by atoms with E-state index in [9.17, 15) is 19.7 Å². The number of likely N-dealkylation sites (N-methyl/N-ethyl adjacent to an activating group) is 1. The second-order valence-electron chi connectivity index (χ2n) is 6.40. The number of nitro groups is 1. The number of anilines is 1. The van der Waals surface area contributed by atoms with E-state index >= 15 is 0 Å². The van der Waals surface area contributed by atoms with Gasteiger partial charge < -0.3 is 9.64 Å². The molecule has 23 heavy (non-hydrogen) atoms. The van der Waals surface area contributed by atoms with Crippen molar-refractivity contribution in [3.05, 3.63) is 39.9 Å². The summed E-state index contributed by atoms with van der Waals surface area (Å²) in [6.45, 7) is 4.25. The molecule has 8 nitrogen and oxygen atoms in total. The van der Waals surface area contributed by atoms with Crippen LogP contribution in [0.3, 0.4) is 0 Å². The van der Waals surface area contributed by atoms with Crippen molar-refractivity contribution in [1.82, 2.24) is 5.32 Å². The number of carbonyl (C=O) groups is 2. The summed E-state index contributed by atoms with van der Waals surface area (Å²) in [5, 5.41) is 13.6. The van der Waals surface area contributed by atoms with Gasteiger partial charge in [0.25, 0.3) is 5.91 Å². The number of hydrogen-bond donors (Lipinski definition) is 1. The molecule has 1 atom stereocenters. The van der Waals surface area contributed by atoms with E-state index in [0.29, 0.717) is 11.3 Å². The normalized spacial score (nSPS) is 20.2. The summed E-state index contributed by atoms with van der Waals surface area (Å²) in [5.41, 5.74) is -1.64. The van der Waals surface area contributed by atoms with Crippen molar-refractivity contribution >= 4 is 17.7 Å². The predicted molar refractivity (Wildman–Crippen MR) is 82.8 cm³/mol.